The number of likely N-dealkylation sites (N-methyl/N-ethyl adjacent to an activating group) is 1. The number of carbonyl (C=O) groups is 1. The highest BCUT2D eigenvalue weighted by Crippen LogP contribution is 2.38. The van der Waals surface area contributed by atoms with Gasteiger partial charge in [0, 0.05) is 24.6 Å². The summed E-state index contributed by atoms with van der Waals surface area (Å²) in [4.78, 5) is 15.3. The summed E-state index contributed by atoms with van der Waals surface area (Å²) in [7, 11) is 3.77. The quantitative estimate of drug-likeness (QED) is 0.252. The van der Waals surface area contributed by atoms with Crippen molar-refractivity contribution in [2.45, 2.75) is 135 Å². The third-order valence-corrected chi connectivity index (χ3v) is 9.45. The van der Waals surface area contributed by atoms with Crippen LogP contribution in [0.15, 0.2) is 0 Å². The Morgan fingerprint density at radius 1 is 1.10 bits per heavy atom. The number of ether oxygens (including phenoxy) is 3. The Kier molecular flexibility index (Phi) is 13.0. The van der Waals surface area contributed by atoms with E-state index in [-0.39, 0.29) is 37.5 Å². The van der Waals surface area contributed by atoms with Gasteiger partial charge in [0.25, 0.3) is 0 Å². The normalized spacial score (nSPS) is 47.9. The minimum Gasteiger partial charge on any atom is -0.459 e. The number of rotatable bonds is 5. The maximum atomic E-state index is 13.4. The van der Waals surface area contributed by atoms with Crippen molar-refractivity contribution in [1.29, 1.82) is 0 Å². The molecule has 0 amide bonds. The SMILES string of the molecule is CCC1OC(=O)C(C)C(CO)C(C)[C@@H](OC2OC(C)CC(N(C)C)[C@H]2O)[C@@](C)(O)C[C@@H](C)CN[C@H](C)[C@@H](O)[C@]1(C)O. The fourth-order valence-corrected chi connectivity index (χ4v) is 6.77. The van der Waals surface area contributed by atoms with Crippen LogP contribution < -0.4 is 5.32 Å². The van der Waals surface area contributed by atoms with Crippen LogP contribution in [-0.4, -0.2) is 124 Å². The monoisotopic (exact) mass is 590 g/mol. The van der Waals surface area contributed by atoms with Crippen LogP contribution >= 0.6 is 0 Å². The summed E-state index contributed by atoms with van der Waals surface area (Å²) in [6, 6.07) is -0.761. The molecule has 0 radical (unpaired) electrons. The van der Waals surface area contributed by atoms with Crippen LogP contribution in [0.25, 0.3) is 0 Å². The zero-order valence-electron chi connectivity index (χ0n) is 26.8. The van der Waals surface area contributed by atoms with E-state index in [0.717, 1.165) is 0 Å². The van der Waals surface area contributed by atoms with Crippen LogP contribution in [0.1, 0.15) is 74.7 Å². The predicted octanol–water partition coefficient (Wildman–Crippen LogP) is 0.881. The number of nitrogens with one attached hydrogen (secondary N) is 1. The molecule has 2 saturated heterocycles. The number of esters is 1. The van der Waals surface area contributed by atoms with E-state index in [1.165, 1.54) is 6.92 Å². The summed E-state index contributed by atoms with van der Waals surface area (Å²) in [5, 5.41) is 59.2. The molecule has 2 fully saturated rings. The Morgan fingerprint density at radius 2 is 1.71 bits per heavy atom. The number of hydrogen-bond donors (Lipinski definition) is 6. The topological polar surface area (TPSA) is 161 Å². The van der Waals surface area contributed by atoms with E-state index in [1.807, 2.05) is 39.8 Å². The molecule has 11 heteroatoms. The minimum atomic E-state index is -1.73. The van der Waals surface area contributed by atoms with Gasteiger partial charge in [0.15, 0.2) is 6.29 Å². The van der Waals surface area contributed by atoms with Gasteiger partial charge in [-0.2, -0.15) is 0 Å². The molecule has 0 spiro atoms. The van der Waals surface area contributed by atoms with Gasteiger partial charge in [0.1, 0.15) is 23.9 Å². The maximum absolute atomic E-state index is 13.4. The molecule has 7 unspecified atom stereocenters. The standard InChI is InChI=1S/C30H58N2O9/c1-11-23-30(8,38)25(35)20(6)31-14-16(2)13-29(7,37)26(18(4)21(15-33)19(5)27(36)40-23)41-28-24(34)22(32(9)10)12-17(3)39-28/h16-26,28,31,33-35,37-38H,11-15H2,1-10H3/t16-,17?,18?,19?,20-,21?,22?,23?,24-,25-,26-,28?,29+,30-/m1/s1. The van der Waals surface area contributed by atoms with Gasteiger partial charge in [0.05, 0.1) is 23.7 Å². The second-order valence-electron chi connectivity index (χ2n) is 13.5. The van der Waals surface area contributed by atoms with Crippen molar-refractivity contribution >= 4 is 5.97 Å². The molecule has 2 heterocycles. The zero-order chi connectivity index (χ0) is 31.4. The van der Waals surface area contributed by atoms with E-state index in [1.54, 1.807) is 27.7 Å². The molecule has 0 aromatic heterocycles. The summed E-state index contributed by atoms with van der Waals surface area (Å²) in [5.41, 5.74) is -3.18. The number of aliphatic hydroxyl groups excluding tert-OH is 3. The summed E-state index contributed by atoms with van der Waals surface area (Å²) in [6.07, 6.45) is -4.21. The van der Waals surface area contributed by atoms with E-state index < -0.39 is 71.7 Å². The molecular formula is C30H58N2O9. The van der Waals surface area contributed by atoms with Gasteiger partial charge in [-0.1, -0.05) is 27.7 Å². The van der Waals surface area contributed by atoms with Gasteiger partial charge in [-0.25, -0.2) is 0 Å². The van der Waals surface area contributed by atoms with Crippen molar-refractivity contribution in [3.8, 4) is 0 Å². The molecule has 0 aromatic carbocycles. The molecule has 2 aliphatic heterocycles. The summed E-state index contributed by atoms with van der Waals surface area (Å²) >= 11 is 0. The lowest BCUT2D eigenvalue weighted by molar-refractivity contribution is -0.298. The highest BCUT2D eigenvalue weighted by molar-refractivity contribution is 5.72. The highest BCUT2D eigenvalue weighted by Gasteiger charge is 2.49. The second kappa shape index (κ2) is 14.7. The Balaban J connectivity index is 2.53. The van der Waals surface area contributed by atoms with Gasteiger partial charge in [-0.15, -0.1) is 0 Å². The lowest BCUT2D eigenvalue weighted by atomic mass is 9.74. The first-order chi connectivity index (χ1) is 18.9. The van der Waals surface area contributed by atoms with Gasteiger partial charge >= 0.3 is 5.97 Å². The molecule has 2 aliphatic rings. The average Bonchev–Trinajstić information content (AvgIpc) is 2.88. The van der Waals surface area contributed by atoms with E-state index in [0.29, 0.717) is 13.0 Å². The number of hydrogen-bond acceptors (Lipinski definition) is 11. The Labute approximate surface area is 246 Å². The second-order valence-corrected chi connectivity index (χ2v) is 13.5. The maximum Gasteiger partial charge on any atom is 0.309 e. The molecule has 2 rings (SSSR count). The lowest BCUT2D eigenvalue weighted by Gasteiger charge is -2.47. The van der Waals surface area contributed by atoms with Crippen molar-refractivity contribution in [2.24, 2.45) is 23.7 Å². The van der Waals surface area contributed by atoms with Crippen LogP contribution in [0.5, 0.6) is 0 Å². The largest absolute Gasteiger partial charge is 0.459 e. The van der Waals surface area contributed by atoms with E-state index in [9.17, 15) is 30.3 Å². The van der Waals surface area contributed by atoms with Gasteiger partial charge in [-0.3, -0.25) is 4.79 Å². The first-order valence-corrected chi connectivity index (χ1v) is 15.2. The number of nitrogens with zero attached hydrogens (tertiary/aromatic N) is 1. The molecule has 0 bridgehead atoms. The molecule has 242 valence electrons. The fraction of sp³-hybridized carbons (Fsp3) is 0.967. The van der Waals surface area contributed by atoms with E-state index in [2.05, 4.69) is 5.32 Å². The minimum absolute atomic E-state index is 0.0940. The Morgan fingerprint density at radius 3 is 2.24 bits per heavy atom. The summed E-state index contributed by atoms with van der Waals surface area (Å²) in [6.45, 7) is 14.0. The third-order valence-electron chi connectivity index (χ3n) is 9.45. The number of aliphatic hydroxyl groups is 5. The van der Waals surface area contributed by atoms with Crippen LogP contribution in [-0.2, 0) is 19.0 Å². The zero-order valence-corrected chi connectivity index (χ0v) is 26.8. The summed E-state index contributed by atoms with van der Waals surface area (Å²) < 4.78 is 18.3. The Bertz CT molecular complexity index is 826. The van der Waals surface area contributed by atoms with Gasteiger partial charge in [-0.05, 0) is 79.4 Å². The fourth-order valence-electron chi connectivity index (χ4n) is 6.77. The van der Waals surface area contributed by atoms with Crippen LogP contribution in [0.3, 0.4) is 0 Å². The highest BCUT2D eigenvalue weighted by atomic mass is 16.7. The van der Waals surface area contributed by atoms with Crippen molar-refractivity contribution in [1.82, 2.24) is 10.2 Å². The van der Waals surface area contributed by atoms with Crippen LogP contribution in [0, 0.1) is 23.7 Å². The average molecular weight is 591 g/mol. The summed E-state index contributed by atoms with van der Waals surface area (Å²) in [5.74, 6) is -2.82. The molecule has 0 saturated carbocycles. The van der Waals surface area contributed by atoms with Crippen molar-refractivity contribution in [3.63, 3.8) is 0 Å². The smallest absolute Gasteiger partial charge is 0.309 e. The van der Waals surface area contributed by atoms with Crippen LogP contribution in [0.4, 0.5) is 0 Å². The van der Waals surface area contributed by atoms with Crippen molar-refractivity contribution < 1.29 is 44.5 Å². The van der Waals surface area contributed by atoms with E-state index in [4.69, 9.17) is 14.2 Å². The molecule has 0 aliphatic carbocycles. The van der Waals surface area contributed by atoms with Crippen molar-refractivity contribution in [2.75, 3.05) is 27.2 Å². The van der Waals surface area contributed by atoms with Crippen molar-refractivity contribution in [3.05, 3.63) is 0 Å². The third kappa shape index (κ3) is 8.61. The van der Waals surface area contributed by atoms with Crippen LogP contribution in [0.2, 0.25) is 0 Å². The molecule has 14 atom stereocenters. The van der Waals surface area contributed by atoms with E-state index >= 15 is 0 Å². The number of cyclic esters (lactones) is 1. The number of carbonyl (C=O) groups excluding carboxylic acids is 1. The Hall–Kier alpha value is -0.890. The van der Waals surface area contributed by atoms with Gasteiger partial charge < -0.3 is 50.0 Å². The molecular weight excluding hydrogens is 532 g/mol. The van der Waals surface area contributed by atoms with Gasteiger partial charge in [0.2, 0.25) is 0 Å². The molecule has 41 heavy (non-hydrogen) atoms. The lowest BCUT2D eigenvalue weighted by Crippen LogP contribution is -2.59. The predicted molar refractivity (Wildman–Crippen MR) is 155 cm³/mol. The molecule has 0 aromatic rings. The first kappa shape index (κ1) is 36.3. The molecule has 11 nitrogen and oxygen atoms in total. The molecule has 6 N–H and O–H groups in total. The first-order valence-electron chi connectivity index (χ1n) is 15.2.